The van der Waals surface area contributed by atoms with Crippen LogP contribution in [0.2, 0.25) is 0 Å². The molecule has 0 spiro atoms. The van der Waals surface area contributed by atoms with Crippen molar-refractivity contribution in [1.82, 2.24) is 10.2 Å². The molecule has 3 atom stereocenters. The van der Waals surface area contributed by atoms with Crippen molar-refractivity contribution in [2.24, 2.45) is 11.8 Å². The Balaban J connectivity index is 2.65. The Bertz CT molecular complexity index is 393. The van der Waals surface area contributed by atoms with E-state index in [0.717, 1.165) is 32.4 Å². The number of nitrogens with one attached hydrogen (secondary N) is 1. The van der Waals surface area contributed by atoms with Gasteiger partial charge in [0.1, 0.15) is 0 Å². The van der Waals surface area contributed by atoms with E-state index >= 15 is 0 Å². The van der Waals surface area contributed by atoms with Crippen LogP contribution in [0.4, 0.5) is 0 Å². The van der Waals surface area contributed by atoms with Crippen molar-refractivity contribution in [2.75, 3.05) is 33.8 Å². The second-order valence-corrected chi connectivity index (χ2v) is 7.35. The monoisotopic (exact) mass is 338 g/mol. The predicted molar refractivity (Wildman–Crippen MR) is 101 cm³/mol. The summed E-state index contributed by atoms with van der Waals surface area (Å²) in [6.45, 7) is 8.82. The molecule has 4 heteroatoms. The van der Waals surface area contributed by atoms with Crippen molar-refractivity contribution in [3.63, 3.8) is 0 Å². The Hall–Kier alpha value is -0.870. The summed E-state index contributed by atoms with van der Waals surface area (Å²) in [6, 6.07) is 0.393. The number of nitrogens with zero attached hydrogens (tertiary/aromatic N) is 1. The van der Waals surface area contributed by atoms with Crippen LogP contribution in [-0.2, 0) is 9.53 Å². The summed E-state index contributed by atoms with van der Waals surface area (Å²) in [5.74, 6) is 0.340. The SMILES string of the molecule is CCCCC[C@H]1C[C@@H](NCCCN(C)C)C=C(C)[C@@H]1C(=O)OCC. The van der Waals surface area contributed by atoms with Gasteiger partial charge in [-0.05, 0) is 66.2 Å². The maximum Gasteiger partial charge on any atom is 0.313 e. The van der Waals surface area contributed by atoms with Crippen LogP contribution in [-0.4, -0.2) is 50.7 Å². The average Bonchev–Trinajstić information content (AvgIpc) is 2.51. The summed E-state index contributed by atoms with van der Waals surface area (Å²) in [5, 5.41) is 3.66. The van der Waals surface area contributed by atoms with E-state index in [0.29, 0.717) is 18.6 Å². The van der Waals surface area contributed by atoms with Crippen LogP contribution in [0.15, 0.2) is 11.6 Å². The minimum atomic E-state index is -0.0402. The summed E-state index contributed by atoms with van der Waals surface area (Å²) in [7, 11) is 4.22. The van der Waals surface area contributed by atoms with Gasteiger partial charge in [0, 0.05) is 6.04 Å². The Morgan fingerprint density at radius 1 is 1.29 bits per heavy atom. The van der Waals surface area contributed by atoms with E-state index in [4.69, 9.17) is 4.74 Å². The lowest BCUT2D eigenvalue weighted by molar-refractivity contribution is -0.148. The highest BCUT2D eigenvalue weighted by Gasteiger charge is 2.35. The number of carbonyl (C=O) groups excluding carboxylic acids is 1. The summed E-state index contributed by atoms with van der Waals surface area (Å²) >= 11 is 0. The summed E-state index contributed by atoms with van der Waals surface area (Å²) in [5.41, 5.74) is 1.19. The van der Waals surface area contributed by atoms with Gasteiger partial charge in [0.2, 0.25) is 0 Å². The number of rotatable bonds is 11. The number of hydrogen-bond donors (Lipinski definition) is 1. The lowest BCUT2D eigenvalue weighted by Crippen LogP contribution is -2.40. The number of esters is 1. The number of hydrogen-bond acceptors (Lipinski definition) is 4. The molecule has 0 radical (unpaired) electrons. The van der Waals surface area contributed by atoms with E-state index in [1.807, 2.05) is 6.92 Å². The highest BCUT2D eigenvalue weighted by Crippen LogP contribution is 2.35. The van der Waals surface area contributed by atoms with Crippen molar-refractivity contribution < 1.29 is 9.53 Å². The molecule has 1 rings (SSSR count). The van der Waals surface area contributed by atoms with Gasteiger partial charge in [-0.25, -0.2) is 0 Å². The van der Waals surface area contributed by atoms with Gasteiger partial charge in [-0.2, -0.15) is 0 Å². The third-order valence-electron chi connectivity index (χ3n) is 4.89. The van der Waals surface area contributed by atoms with E-state index in [1.54, 1.807) is 0 Å². The van der Waals surface area contributed by atoms with Gasteiger partial charge >= 0.3 is 5.97 Å². The van der Waals surface area contributed by atoms with Gasteiger partial charge in [0.25, 0.3) is 0 Å². The summed E-state index contributed by atoms with van der Waals surface area (Å²) in [4.78, 5) is 14.6. The quantitative estimate of drug-likeness (QED) is 0.355. The lowest BCUT2D eigenvalue weighted by Gasteiger charge is -2.34. The van der Waals surface area contributed by atoms with E-state index in [1.165, 1.54) is 24.8 Å². The first-order valence-electron chi connectivity index (χ1n) is 9.72. The molecule has 1 N–H and O–H groups in total. The molecule has 0 bridgehead atoms. The second kappa shape index (κ2) is 11.6. The Morgan fingerprint density at radius 3 is 2.67 bits per heavy atom. The number of carbonyl (C=O) groups is 1. The number of unbranched alkanes of at least 4 members (excludes halogenated alkanes) is 2. The minimum Gasteiger partial charge on any atom is -0.466 e. The molecule has 0 fully saturated rings. The molecule has 0 amide bonds. The molecule has 0 saturated heterocycles. The highest BCUT2D eigenvalue weighted by molar-refractivity contribution is 5.76. The molecule has 0 unspecified atom stereocenters. The Kier molecular flexibility index (Phi) is 10.3. The van der Waals surface area contributed by atoms with Crippen LogP contribution < -0.4 is 5.32 Å². The van der Waals surface area contributed by atoms with Gasteiger partial charge in [-0.15, -0.1) is 0 Å². The third-order valence-corrected chi connectivity index (χ3v) is 4.89. The molecule has 1 aliphatic carbocycles. The van der Waals surface area contributed by atoms with Crippen molar-refractivity contribution in [1.29, 1.82) is 0 Å². The normalized spacial score (nSPS) is 24.1. The van der Waals surface area contributed by atoms with Crippen LogP contribution in [0.5, 0.6) is 0 Å². The zero-order valence-corrected chi connectivity index (χ0v) is 16.4. The van der Waals surface area contributed by atoms with Gasteiger partial charge < -0.3 is 15.0 Å². The number of ether oxygens (including phenoxy) is 1. The maximum atomic E-state index is 12.4. The van der Waals surface area contributed by atoms with E-state index in [-0.39, 0.29) is 11.9 Å². The van der Waals surface area contributed by atoms with Crippen molar-refractivity contribution in [2.45, 2.75) is 65.3 Å². The molecule has 4 nitrogen and oxygen atoms in total. The molecule has 0 aromatic heterocycles. The van der Waals surface area contributed by atoms with Crippen LogP contribution in [0.25, 0.3) is 0 Å². The molecule has 0 aromatic carbocycles. The molecule has 0 aliphatic heterocycles. The zero-order chi connectivity index (χ0) is 17.9. The second-order valence-electron chi connectivity index (χ2n) is 7.35. The first kappa shape index (κ1) is 21.2. The summed E-state index contributed by atoms with van der Waals surface area (Å²) in [6.07, 6.45) is 9.25. The molecular weight excluding hydrogens is 300 g/mol. The van der Waals surface area contributed by atoms with Gasteiger partial charge in [0.15, 0.2) is 0 Å². The van der Waals surface area contributed by atoms with E-state index in [2.05, 4.69) is 44.2 Å². The molecular formula is C20H38N2O2. The standard InChI is InChI=1S/C20H38N2O2/c1-6-8-9-11-17-15-18(21-12-10-13-22(4)5)14-16(3)19(17)20(23)24-7-2/h14,17-19,21H,6-13,15H2,1-5H3/t17-,18-,19-/m0/s1. The Morgan fingerprint density at radius 2 is 2.04 bits per heavy atom. The fourth-order valence-electron chi connectivity index (χ4n) is 3.70. The molecule has 0 heterocycles. The molecule has 1 aliphatic rings. The topological polar surface area (TPSA) is 41.6 Å². The fourth-order valence-corrected chi connectivity index (χ4v) is 3.70. The summed E-state index contributed by atoms with van der Waals surface area (Å²) < 4.78 is 5.34. The maximum absolute atomic E-state index is 12.4. The van der Waals surface area contributed by atoms with Crippen molar-refractivity contribution >= 4 is 5.97 Å². The van der Waals surface area contributed by atoms with Crippen molar-refractivity contribution in [3.8, 4) is 0 Å². The molecule has 0 aromatic rings. The molecule has 24 heavy (non-hydrogen) atoms. The average molecular weight is 339 g/mol. The first-order chi connectivity index (χ1) is 11.5. The van der Waals surface area contributed by atoms with E-state index < -0.39 is 0 Å². The van der Waals surface area contributed by atoms with Crippen molar-refractivity contribution in [3.05, 3.63) is 11.6 Å². The largest absolute Gasteiger partial charge is 0.466 e. The first-order valence-corrected chi connectivity index (χ1v) is 9.72. The van der Waals surface area contributed by atoms with Crippen LogP contribution in [0, 0.1) is 11.8 Å². The molecule has 0 saturated carbocycles. The van der Waals surface area contributed by atoms with Crippen LogP contribution in [0.1, 0.15) is 59.3 Å². The predicted octanol–water partition coefficient (Wildman–Crippen LogP) is 3.62. The molecule has 140 valence electrons. The smallest absolute Gasteiger partial charge is 0.313 e. The lowest BCUT2D eigenvalue weighted by atomic mass is 9.74. The Labute approximate surface area is 149 Å². The minimum absolute atomic E-state index is 0.0289. The van der Waals surface area contributed by atoms with Gasteiger partial charge in [-0.3, -0.25) is 4.79 Å². The highest BCUT2D eigenvalue weighted by atomic mass is 16.5. The van der Waals surface area contributed by atoms with Gasteiger partial charge in [0.05, 0.1) is 12.5 Å². The van der Waals surface area contributed by atoms with Crippen LogP contribution in [0.3, 0.4) is 0 Å². The fraction of sp³-hybridized carbons (Fsp3) is 0.850. The van der Waals surface area contributed by atoms with E-state index in [9.17, 15) is 4.79 Å². The third kappa shape index (κ3) is 7.35. The zero-order valence-electron chi connectivity index (χ0n) is 16.4. The van der Waals surface area contributed by atoms with Gasteiger partial charge in [-0.1, -0.05) is 37.8 Å². The van der Waals surface area contributed by atoms with Crippen LogP contribution >= 0.6 is 0 Å².